The van der Waals surface area contributed by atoms with Crippen LogP contribution in [0.3, 0.4) is 0 Å². The van der Waals surface area contributed by atoms with Crippen LogP contribution in [-0.4, -0.2) is 44.2 Å². The number of hydrogen-bond acceptors (Lipinski definition) is 3. The predicted octanol–water partition coefficient (Wildman–Crippen LogP) is 2.48. The molecule has 0 aliphatic carbocycles. The summed E-state index contributed by atoms with van der Waals surface area (Å²) in [5.74, 6) is 0.983. The van der Waals surface area contributed by atoms with E-state index in [0.717, 1.165) is 25.4 Å². The van der Waals surface area contributed by atoms with Crippen LogP contribution in [0.4, 0.5) is 0 Å². The molecular weight excluding hydrogens is 260 g/mol. The average molecular weight is 285 g/mol. The van der Waals surface area contributed by atoms with Crippen molar-refractivity contribution in [2.75, 3.05) is 33.3 Å². The van der Waals surface area contributed by atoms with Crippen LogP contribution >= 0.6 is 12.4 Å². The predicted molar refractivity (Wildman–Crippen MR) is 82.4 cm³/mol. The van der Waals surface area contributed by atoms with Gasteiger partial charge >= 0.3 is 0 Å². The maximum absolute atomic E-state index is 5.80. The van der Waals surface area contributed by atoms with Crippen molar-refractivity contribution in [2.45, 2.75) is 25.8 Å². The summed E-state index contributed by atoms with van der Waals surface area (Å²) < 4.78 is 5.80. The molecular formula is C15H25ClN2O. The van der Waals surface area contributed by atoms with Crippen LogP contribution in [0, 0.1) is 6.92 Å². The second-order valence-electron chi connectivity index (χ2n) is 5.09. The zero-order chi connectivity index (χ0) is 12.8. The molecule has 108 valence electrons. The van der Waals surface area contributed by atoms with Crippen molar-refractivity contribution < 1.29 is 4.74 Å². The van der Waals surface area contributed by atoms with Gasteiger partial charge in [-0.2, -0.15) is 0 Å². The third-order valence-corrected chi connectivity index (χ3v) is 3.58. The first-order valence-corrected chi connectivity index (χ1v) is 6.87. The lowest BCUT2D eigenvalue weighted by Crippen LogP contribution is -2.45. The highest BCUT2D eigenvalue weighted by Gasteiger charge is 2.17. The topological polar surface area (TPSA) is 24.5 Å². The van der Waals surface area contributed by atoms with E-state index in [0.29, 0.717) is 6.04 Å². The van der Waals surface area contributed by atoms with Gasteiger partial charge in [0.2, 0.25) is 0 Å². The Balaban J connectivity index is 0.00000180. The molecule has 1 N–H and O–H groups in total. The van der Waals surface area contributed by atoms with Gasteiger partial charge in [-0.15, -0.1) is 12.4 Å². The molecule has 0 bridgehead atoms. The Hall–Kier alpha value is -0.770. The van der Waals surface area contributed by atoms with Crippen LogP contribution in [0.1, 0.15) is 18.4 Å². The number of ether oxygens (including phenoxy) is 1. The van der Waals surface area contributed by atoms with Crippen molar-refractivity contribution in [3.63, 3.8) is 0 Å². The Labute approximate surface area is 122 Å². The number of likely N-dealkylation sites (N-methyl/N-ethyl adjacent to an activating group) is 1. The maximum Gasteiger partial charge on any atom is 0.119 e. The molecule has 19 heavy (non-hydrogen) atoms. The molecule has 0 amide bonds. The Kier molecular flexibility index (Phi) is 7.21. The van der Waals surface area contributed by atoms with Crippen LogP contribution < -0.4 is 10.1 Å². The second-order valence-corrected chi connectivity index (χ2v) is 5.09. The van der Waals surface area contributed by atoms with Gasteiger partial charge in [-0.3, -0.25) is 4.90 Å². The van der Waals surface area contributed by atoms with Gasteiger partial charge in [0.05, 0.1) is 0 Å². The summed E-state index contributed by atoms with van der Waals surface area (Å²) in [6, 6.07) is 8.90. The molecule has 1 aromatic rings. The highest BCUT2D eigenvalue weighted by molar-refractivity contribution is 5.85. The van der Waals surface area contributed by atoms with Crippen LogP contribution in [-0.2, 0) is 0 Å². The molecule has 1 atom stereocenters. The van der Waals surface area contributed by atoms with Gasteiger partial charge in [0.15, 0.2) is 0 Å². The Morgan fingerprint density at radius 2 is 2.26 bits per heavy atom. The number of likely N-dealkylation sites (tertiary alicyclic amines) is 1. The summed E-state index contributed by atoms with van der Waals surface area (Å²) in [6.45, 7) is 6.24. The number of aryl methyl sites for hydroxylation is 1. The largest absolute Gasteiger partial charge is 0.492 e. The molecule has 0 saturated carbocycles. The molecule has 1 fully saturated rings. The molecule has 1 aliphatic heterocycles. The summed E-state index contributed by atoms with van der Waals surface area (Å²) >= 11 is 0. The van der Waals surface area contributed by atoms with E-state index in [9.17, 15) is 0 Å². The number of nitrogens with one attached hydrogen (secondary N) is 1. The minimum absolute atomic E-state index is 0. The average Bonchev–Trinajstić information content (AvgIpc) is 2.39. The van der Waals surface area contributed by atoms with Gasteiger partial charge in [-0.05, 0) is 51.1 Å². The van der Waals surface area contributed by atoms with Crippen LogP contribution in [0.25, 0.3) is 0 Å². The molecule has 0 radical (unpaired) electrons. The smallest absolute Gasteiger partial charge is 0.119 e. The van der Waals surface area contributed by atoms with Crippen molar-refractivity contribution in [1.82, 2.24) is 10.2 Å². The summed E-state index contributed by atoms with van der Waals surface area (Å²) in [7, 11) is 2.05. The van der Waals surface area contributed by atoms with Gasteiger partial charge in [-0.1, -0.05) is 12.1 Å². The number of hydrogen-bond donors (Lipinski definition) is 1. The molecule has 1 aromatic carbocycles. The third-order valence-electron chi connectivity index (χ3n) is 3.58. The molecule has 2 rings (SSSR count). The number of benzene rings is 1. The van der Waals surface area contributed by atoms with Crippen molar-refractivity contribution in [1.29, 1.82) is 0 Å². The van der Waals surface area contributed by atoms with Gasteiger partial charge in [0.25, 0.3) is 0 Å². The number of halogens is 1. The number of rotatable bonds is 5. The standard InChI is InChI=1S/C15H24N2O.ClH/c1-13-5-3-7-15(11-13)18-10-9-17-8-4-6-14(12-17)16-2;/h3,5,7,11,14,16H,4,6,8-10,12H2,1-2H3;1H. The van der Waals surface area contributed by atoms with E-state index in [1.807, 2.05) is 12.1 Å². The minimum Gasteiger partial charge on any atom is -0.492 e. The Bertz CT molecular complexity index is 373. The Morgan fingerprint density at radius 1 is 1.42 bits per heavy atom. The van der Waals surface area contributed by atoms with Crippen molar-refractivity contribution in [3.05, 3.63) is 29.8 Å². The van der Waals surface area contributed by atoms with E-state index in [1.165, 1.54) is 24.9 Å². The first-order chi connectivity index (χ1) is 8.78. The van der Waals surface area contributed by atoms with Crippen molar-refractivity contribution in [2.24, 2.45) is 0 Å². The number of piperidine rings is 1. The molecule has 0 spiro atoms. The number of nitrogens with zero attached hydrogens (tertiary/aromatic N) is 1. The van der Waals surface area contributed by atoms with E-state index < -0.39 is 0 Å². The first-order valence-electron chi connectivity index (χ1n) is 6.87. The molecule has 4 heteroatoms. The normalized spacial score (nSPS) is 19.8. The van der Waals surface area contributed by atoms with Crippen LogP contribution in [0.5, 0.6) is 5.75 Å². The van der Waals surface area contributed by atoms with E-state index in [1.54, 1.807) is 0 Å². The lowest BCUT2D eigenvalue weighted by atomic mass is 10.1. The zero-order valence-corrected chi connectivity index (χ0v) is 12.7. The molecule has 3 nitrogen and oxygen atoms in total. The van der Waals surface area contributed by atoms with E-state index in [4.69, 9.17) is 4.74 Å². The van der Waals surface area contributed by atoms with Gasteiger partial charge in [0.1, 0.15) is 12.4 Å². The molecule has 1 saturated heterocycles. The minimum atomic E-state index is 0. The van der Waals surface area contributed by atoms with Crippen molar-refractivity contribution in [3.8, 4) is 5.75 Å². The monoisotopic (exact) mass is 284 g/mol. The highest BCUT2D eigenvalue weighted by atomic mass is 35.5. The lowest BCUT2D eigenvalue weighted by Gasteiger charge is -2.32. The Morgan fingerprint density at radius 3 is 3.00 bits per heavy atom. The zero-order valence-electron chi connectivity index (χ0n) is 11.9. The van der Waals surface area contributed by atoms with E-state index in [-0.39, 0.29) is 12.4 Å². The van der Waals surface area contributed by atoms with Gasteiger partial charge in [-0.25, -0.2) is 0 Å². The fraction of sp³-hybridized carbons (Fsp3) is 0.600. The maximum atomic E-state index is 5.80. The summed E-state index contributed by atoms with van der Waals surface area (Å²) in [5.41, 5.74) is 1.25. The van der Waals surface area contributed by atoms with E-state index >= 15 is 0 Å². The fourth-order valence-corrected chi connectivity index (χ4v) is 2.49. The SMILES string of the molecule is CNC1CCCN(CCOc2cccc(C)c2)C1.Cl. The van der Waals surface area contributed by atoms with Crippen LogP contribution in [0.15, 0.2) is 24.3 Å². The summed E-state index contributed by atoms with van der Waals surface area (Å²) in [6.07, 6.45) is 2.59. The third kappa shape index (κ3) is 5.39. The fourth-order valence-electron chi connectivity index (χ4n) is 2.49. The van der Waals surface area contributed by atoms with E-state index in [2.05, 4.69) is 36.3 Å². The molecule has 1 heterocycles. The second kappa shape index (κ2) is 8.41. The molecule has 1 unspecified atom stereocenters. The van der Waals surface area contributed by atoms with Gasteiger partial charge in [0, 0.05) is 19.1 Å². The van der Waals surface area contributed by atoms with Gasteiger partial charge < -0.3 is 10.1 Å². The highest BCUT2D eigenvalue weighted by Crippen LogP contribution is 2.13. The first kappa shape index (κ1) is 16.3. The molecule has 1 aliphatic rings. The summed E-state index contributed by atoms with van der Waals surface area (Å²) in [5, 5.41) is 3.37. The molecule has 0 aromatic heterocycles. The quantitative estimate of drug-likeness (QED) is 0.899. The van der Waals surface area contributed by atoms with Crippen LogP contribution in [0.2, 0.25) is 0 Å². The van der Waals surface area contributed by atoms with Crippen molar-refractivity contribution >= 4 is 12.4 Å². The summed E-state index contributed by atoms with van der Waals surface area (Å²) in [4.78, 5) is 2.49. The lowest BCUT2D eigenvalue weighted by molar-refractivity contribution is 0.162.